The monoisotopic (exact) mass is 481 g/mol. The minimum Gasteiger partial charge on any atom is -0.480 e. The van der Waals surface area contributed by atoms with E-state index in [0.717, 1.165) is 11.1 Å². The van der Waals surface area contributed by atoms with E-state index in [-0.39, 0.29) is 13.2 Å². The maximum atomic E-state index is 10.4. The molecule has 0 spiro atoms. The van der Waals surface area contributed by atoms with Gasteiger partial charge in [-0.05, 0) is 30.9 Å². The second-order valence-electron chi connectivity index (χ2n) is 6.90. The number of carboxylic acid groups (broad SMARTS) is 3. The molecule has 190 valence electrons. The van der Waals surface area contributed by atoms with Crippen LogP contribution in [0.5, 0.6) is 0 Å². The van der Waals surface area contributed by atoms with Crippen molar-refractivity contribution in [3.05, 3.63) is 71.8 Å². The molecule has 3 unspecified atom stereocenters. The molecule has 0 saturated heterocycles. The van der Waals surface area contributed by atoms with Crippen molar-refractivity contribution in [1.29, 1.82) is 0 Å². The first-order valence-corrected chi connectivity index (χ1v) is 10.2. The van der Waals surface area contributed by atoms with Gasteiger partial charge in [0, 0.05) is 0 Å². The van der Waals surface area contributed by atoms with Crippen LogP contribution in [0.25, 0.3) is 0 Å². The Kier molecular flexibility index (Phi) is 19.6. The number of rotatable bonds is 8. The first-order valence-electron chi connectivity index (χ1n) is 10.2. The molecule has 11 nitrogen and oxygen atoms in total. The average molecular weight is 482 g/mol. The molecule has 0 amide bonds. The van der Waals surface area contributed by atoms with E-state index in [1.165, 1.54) is 6.92 Å². The van der Waals surface area contributed by atoms with Gasteiger partial charge < -0.3 is 42.7 Å². The minimum atomic E-state index is -0.968. The summed E-state index contributed by atoms with van der Waals surface area (Å²) in [5, 5.41) is 40.6. The number of carbonyl (C=O) groups is 3. The zero-order valence-corrected chi connectivity index (χ0v) is 19.0. The summed E-state index contributed by atoms with van der Waals surface area (Å²) in [5.41, 5.74) is 17.2. The van der Waals surface area contributed by atoms with Crippen LogP contribution in [0.2, 0.25) is 0 Å². The topological polar surface area (TPSA) is 230 Å². The molecule has 0 bridgehead atoms. The number of hydrogen-bond acceptors (Lipinski definition) is 8. The first kappa shape index (κ1) is 32.8. The Hall–Kier alpha value is -3.35. The second kappa shape index (κ2) is 20.3. The summed E-state index contributed by atoms with van der Waals surface area (Å²) in [7, 11) is 0. The molecule has 2 aromatic carbocycles. The van der Waals surface area contributed by atoms with Crippen LogP contribution in [0.1, 0.15) is 18.1 Å². The van der Waals surface area contributed by atoms with E-state index in [0.29, 0.717) is 12.8 Å². The predicted octanol–water partition coefficient (Wildman–Crippen LogP) is -0.329. The highest BCUT2D eigenvalue weighted by Crippen LogP contribution is 2.02. The Balaban J connectivity index is 0. The molecule has 3 atom stereocenters. The quantitative estimate of drug-likeness (QED) is 0.243. The third kappa shape index (κ3) is 20.5. The van der Waals surface area contributed by atoms with Gasteiger partial charge in [-0.15, -0.1) is 0 Å². The number of benzene rings is 2. The van der Waals surface area contributed by atoms with Gasteiger partial charge in [-0.3, -0.25) is 14.4 Å². The molecule has 2 rings (SSSR count). The van der Waals surface area contributed by atoms with Gasteiger partial charge in [0.15, 0.2) is 0 Å². The van der Waals surface area contributed by atoms with Crippen LogP contribution in [-0.4, -0.2) is 74.8 Å². The lowest BCUT2D eigenvalue weighted by atomic mass is 10.1. The molecule has 0 saturated carbocycles. The van der Waals surface area contributed by atoms with Crippen LogP contribution in [0.4, 0.5) is 0 Å². The number of aliphatic hydroxyl groups is 2. The highest BCUT2D eigenvalue weighted by molar-refractivity contribution is 5.73. The Labute approximate surface area is 198 Å². The normalized spacial score (nSPS) is 12.1. The summed E-state index contributed by atoms with van der Waals surface area (Å²) in [6, 6.07) is 17.1. The van der Waals surface area contributed by atoms with Crippen molar-refractivity contribution in [3.8, 4) is 0 Å². The Bertz CT molecular complexity index is 747. The molecule has 0 aromatic heterocycles. The molecule has 0 fully saturated rings. The summed E-state index contributed by atoms with van der Waals surface area (Å²) in [5.74, 6) is -2.89. The van der Waals surface area contributed by atoms with E-state index in [9.17, 15) is 14.4 Å². The van der Waals surface area contributed by atoms with Gasteiger partial charge in [0.1, 0.15) is 12.1 Å². The van der Waals surface area contributed by atoms with Crippen molar-refractivity contribution >= 4 is 17.9 Å². The third-order valence-electron chi connectivity index (χ3n) is 3.67. The molecule has 2 aromatic rings. The lowest BCUT2D eigenvalue weighted by molar-refractivity contribution is -0.139. The van der Waals surface area contributed by atoms with Crippen LogP contribution >= 0.6 is 0 Å². The Morgan fingerprint density at radius 1 is 0.765 bits per heavy atom. The summed E-state index contributed by atoms with van der Waals surface area (Å²) in [6.45, 7) is 1.11. The molecule has 0 radical (unpaired) electrons. The average Bonchev–Trinajstić information content (AvgIpc) is 2.81. The number of nitrogens with two attached hydrogens (primary N) is 3. The molecule has 0 aliphatic heterocycles. The summed E-state index contributed by atoms with van der Waals surface area (Å²) in [4.78, 5) is 30.0. The Morgan fingerprint density at radius 2 is 1.03 bits per heavy atom. The molecular formula is C23H35N3O8. The lowest BCUT2D eigenvalue weighted by Gasteiger charge is -2.04. The van der Waals surface area contributed by atoms with Crippen molar-refractivity contribution in [1.82, 2.24) is 0 Å². The fourth-order valence-corrected chi connectivity index (χ4v) is 1.91. The van der Waals surface area contributed by atoms with Gasteiger partial charge in [0.05, 0.1) is 19.3 Å². The molecule has 0 aliphatic carbocycles. The highest BCUT2D eigenvalue weighted by atomic mass is 16.4. The fraction of sp³-hybridized carbons (Fsp3) is 0.348. The van der Waals surface area contributed by atoms with Crippen LogP contribution < -0.4 is 17.2 Å². The zero-order chi connectivity index (χ0) is 26.5. The summed E-state index contributed by atoms with van der Waals surface area (Å²) >= 11 is 0. The van der Waals surface area contributed by atoms with E-state index < -0.39 is 36.1 Å². The van der Waals surface area contributed by atoms with Gasteiger partial charge in [-0.1, -0.05) is 60.7 Å². The molecular weight excluding hydrogens is 446 g/mol. The maximum Gasteiger partial charge on any atom is 0.320 e. The molecule has 0 heterocycles. The summed E-state index contributed by atoms with van der Waals surface area (Å²) < 4.78 is 0. The van der Waals surface area contributed by atoms with Gasteiger partial charge in [0.25, 0.3) is 0 Å². The third-order valence-corrected chi connectivity index (χ3v) is 3.67. The maximum absolute atomic E-state index is 10.4. The van der Waals surface area contributed by atoms with Gasteiger partial charge in [-0.25, -0.2) is 0 Å². The van der Waals surface area contributed by atoms with E-state index in [2.05, 4.69) is 5.73 Å². The standard InChI is InChI=1S/2C9H11NO2.C3H8O2.C2H5NO2/c2*10-8(9(11)12)6-7-4-2-1-3-5-7;1-3(5)2-4;3-1-2(4)5/h2*1-5,8H,6,10H2,(H,11,12);3-5H,2H2,1H3;1,3H2,(H,4,5). The first-order chi connectivity index (χ1) is 15.9. The lowest BCUT2D eigenvalue weighted by Crippen LogP contribution is -2.32. The second-order valence-corrected chi connectivity index (χ2v) is 6.90. The van der Waals surface area contributed by atoms with E-state index in [1.54, 1.807) is 0 Å². The number of aliphatic hydroxyl groups excluding tert-OH is 2. The smallest absolute Gasteiger partial charge is 0.320 e. The molecule has 34 heavy (non-hydrogen) atoms. The van der Waals surface area contributed by atoms with Crippen molar-refractivity contribution in [2.24, 2.45) is 17.2 Å². The SMILES string of the molecule is CC(O)CO.NC(Cc1ccccc1)C(=O)O.NC(Cc1ccccc1)C(=O)O.NCC(=O)O. The van der Waals surface area contributed by atoms with E-state index in [4.69, 9.17) is 37.0 Å². The van der Waals surface area contributed by atoms with Crippen molar-refractivity contribution < 1.29 is 39.9 Å². The van der Waals surface area contributed by atoms with E-state index >= 15 is 0 Å². The van der Waals surface area contributed by atoms with Crippen LogP contribution in [0, 0.1) is 0 Å². The van der Waals surface area contributed by atoms with Crippen LogP contribution in [0.15, 0.2) is 60.7 Å². The molecule has 0 aliphatic rings. The number of hydrogen-bond donors (Lipinski definition) is 8. The van der Waals surface area contributed by atoms with Crippen molar-refractivity contribution in [2.45, 2.75) is 38.0 Å². The number of aliphatic carboxylic acids is 3. The number of carboxylic acids is 3. The fourth-order valence-electron chi connectivity index (χ4n) is 1.91. The largest absolute Gasteiger partial charge is 0.480 e. The van der Waals surface area contributed by atoms with Crippen molar-refractivity contribution in [3.63, 3.8) is 0 Å². The van der Waals surface area contributed by atoms with Crippen molar-refractivity contribution in [2.75, 3.05) is 13.2 Å². The molecule has 11 heteroatoms. The molecule has 11 N–H and O–H groups in total. The van der Waals surface area contributed by atoms with E-state index in [1.807, 2.05) is 60.7 Å². The predicted molar refractivity (Wildman–Crippen MR) is 127 cm³/mol. The van der Waals surface area contributed by atoms with Gasteiger partial charge in [-0.2, -0.15) is 0 Å². The minimum absolute atomic E-state index is 0.139. The van der Waals surface area contributed by atoms with Crippen LogP contribution in [-0.2, 0) is 27.2 Å². The van der Waals surface area contributed by atoms with Gasteiger partial charge >= 0.3 is 17.9 Å². The highest BCUT2D eigenvalue weighted by Gasteiger charge is 2.11. The zero-order valence-electron chi connectivity index (χ0n) is 19.0. The van der Waals surface area contributed by atoms with Crippen LogP contribution in [0.3, 0.4) is 0 Å². The summed E-state index contributed by atoms with van der Waals surface area (Å²) in [6.07, 6.45) is 0.210. The van der Waals surface area contributed by atoms with Gasteiger partial charge in [0.2, 0.25) is 0 Å². The Morgan fingerprint density at radius 3 is 1.21 bits per heavy atom.